The quantitative estimate of drug-likeness (QED) is 0.522. The van der Waals surface area contributed by atoms with Gasteiger partial charge in [-0.3, -0.25) is 0 Å². The van der Waals surface area contributed by atoms with E-state index in [0.717, 1.165) is 27.5 Å². The van der Waals surface area contributed by atoms with Crippen molar-refractivity contribution < 1.29 is 12.0 Å². The normalized spacial score (nSPS) is 19.8. The minimum atomic E-state index is -1.73. The van der Waals surface area contributed by atoms with Gasteiger partial charge in [0, 0.05) is 10.8 Å². The highest BCUT2D eigenvalue weighted by Crippen LogP contribution is 2.38. The number of hydrogen-bond acceptors (Lipinski definition) is 3. The summed E-state index contributed by atoms with van der Waals surface area (Å²) in [4.78, 5) is 0.968. The van der Waals surface area contributed by atoms with Crippen molar-refractivity contribution in [3.8, 4) is 5.69 Å². The van der Waals surface area contributed by atoms with Crippen LogP contribution in [0.1, 0.15) is 0 Å². The molecule has 0 aliphatic carbocycles. The van der Waals surface area contributed by atoms with E-state index in [1.807, 2.05) is 48.5 Å². The Bertz CT molecular complexity index is 1130. The molecule has 5 rings (SSSR count). The molecule has 0 N–H and O–H groups in total. The molecule has 2 heterocycles. The maximum Gasteiger partial charge on any atom is 0.206 e. The number of aromatic nitrogens is 1. The van der Waals surface area contributed by atoms with Crippen LogP contribution in [-0.4, -0.2) is 13.0 Å². The fourth-order valence-corrected chi connectivity index (χ4v) is 5.72. The molecule has 0 amide bonds. The molecule has 118 valence electrons. The van der Waals surface area contributed by atoms with Crippen LogP contribution in [0.15, 0.2) is 76.5 Å². The minimum absolute atomic E-state index is 0.479. The molecule has 0 spiro atoms. The first-order chi connectivity index (χ1) is 11.8. The highest BCUT2D eigenvalue weighted by atomic mass is 32.3. The number of benzene rings is 3. The summed E-state index contributed by atoms with van der Waals surface area (Å²) in [5.74, 6) is 0. The molecule has 1 aliphatic rings. The van der Waals surface area contributed by atoms with Crippen molar-refractivity contribution >= 4 is 44.0 Å². The number of fused-ring (bicyclic) bond motifs is 4. The van der Waals surface area contributed by atoms with Crippen LogP contribution in [0.2, 0.25) is 0 Å². The summed E-state index contributed by atoms with van der Waals surface area (Å²) in [5, 5.41) is 2.24. The highest BCUT2D eigenvalue weighted by Gasteiger charge is 2.31. The van der Waals surface area contributed by atoms with E-state index >= 15 is 0 Å². The van der Waals surface area contributed by atoms with E-state index in [1.54, 1.807) is 6.07 Å². The molecule has 0 radical (unpaired) electrons. The van der Waals surface area contributed by atoms with Crippen LogP contribution < -0.4 is 0 Å². The first-order valence-electron chi connectivity index (χ1n) is 7.39. The predicted octanol–water partition coefficient (Wildman–Crippen LogP) is 3.86. The SMILES string of the molecule is O=S1OS(=O)c2c(-n3c4ccccc4c4ccccc43)cccc21. The smallest absolute Gasteiger partial charge is 0.206 e. The number of nitrogens with zero attached hydrogens (tertiary/aromatic N) is 1. The van der Waals surface area contributed by atoms with Gasteiger partial charge in [0.15, 0.2) is 0 Å². The van der Waals surface area contributed by atoms with E-state index in [1.165, 1.54) is 0 Å². The molecule has 4 aromatic rings. The van der Waals surface area contributed by atoms with Gasteiger partial charge in [0.1, 0.15) is 4.90 Å². The Kier molecular flexibility index (Phi) is 3.00. The molecule has 1 aromatic heterocycles. The van der Waals surface area contributed by atoms with Crippen LogP contribution in [0.25, 0.3) is 27.5 Å². The summed E-state index contributed by atoms with van der Waals surface area (Å²) in [6.07, 6.45) is 0. The second-order valence-electron chi connectivity index (χ2n) is 5.51. The lowest BCUT2D eigenvalue weighted by molar-refractivity contribution is 0.578. The topological polar surface area (TPSA) is 48.3 Å². The lowest BCUT2D eigenvalue weighted by Crippen LogP contribution is -2.00. The molecule has 0 saturated carbocycles. The number of rotatable bonds is 1. The molecule has 24 heavy (non-hydrogen) atoms. The van der Waals surface area contributed by atoms with Gasteiger partial charge in [-0.2, -0.15) is 3.63 Å². The lowest BCUT2D eigenvalue weighted by Gasteiger charge is -2.10. The average molecular weight is 353 g/mol. The summed E-state index contributed by atoms with van der Waals surface area (Å²) in [6.45, 7) is 0. The maximum atomic E-state index is 12.3. The molecular formula is C18H11NO3S2. The van der Waals surface area contributed by atoms with Crippen molar-refractivity contribution in [2.45, 2.75) is 9.79 Å². The largest absolute Gasteiger partial charge is 0.308 e. The third kappa shape index (κ3) is 1.81. The van der Waals surface area contributed by atoms with E-state index in [9.17, 15) is 8.42 Å². The van der Waals surface area contributed by atoms with Crippen molar-refractivity contribution in [1.29, 1.82) is 0 Å². The number of para-hydroxylation sites is 2. The summed E-state index contributed by atoms with van der Waals surface area (Å²) < 4.78 is 31.4. The Morgan fingerprint density at radius 3 is 2.00 bits per heavy atom. The van der Waals surface area contributed by atoms with Crippen molar-refractivity contribution in [2.75, 3.05) is 0 Å². The van der Waals surface area contributed by atoms with Gasteiger partial charge >= 0.3 is 0 Å². The zero-order valence-electron chi connectivity index (χ0n) is 12.3. The molecule has 2 atom stereocenters. The molecule has 3 aromatic carbocycles. The van der Waals surface area contributed by atoms with Gasteiger partial charge in [0.2, 0.25) is 22.2 Å². The summed E-state index contributed by atoms with van der Waals surface area (Å²) in [6, 6.07) is 21.6. The Morgan fingerprint density at radius 2 is 1.33 bits per heavy atom. The Labute approximate surface area is 143 Å². The third-order valence-corrected chi connectivity index (χ3v) is 6.83. The van der Waals surface area contributed by atoms with E-state index in [4.69, 9.17) is 3.63 Å². The van der Waals surface area contributed by atoms with Crippen molar-refractivity contribution in [3.05, 3.63) is 66.7 Å². The zero-order chi connectivity index (χ0) is 16.3. The van der Waals surface area contributed by atoms with E-state index in [2.05, 4.69) is 16.7 Å². The number of hydrogen-bond donors (Lipinski definition) is 0. The third-order valence-electron chi connectivity index (χ3n) is 4.25. The van der Waals surface area contributed by atoms with Gasteiger partial charge in [-0.05, 0) is 24.3 Å². The molecule has 4 nitrogen and oxygen atoms in total. The maximum absolute atomic E-state index is 12.3. The van der Waals surface area contributed by atoms with Crippen LogP contribution in [0, 0.1) is 0 Å². The van der Waals surface area contributed by atoms with Gasteiger partial charge in [0.05, 0.1) is 21.6 Å². The van der Waals surface area contributed by atoms with Crippen LogP contribution in [-0.2, 0) is 25.8 Å². The van der Waals surface area contributed by atoms with Gasteiger partial charge in [-0.1, -0.05) is 42.5 Å². The Balaban J connectivity index is 1.98. The van der Waals surface area contributed by atoms with E-state index in [-0.39, 0.29) is 0 Å². The molecule has 0 bridgehead atoms. The zero-order valence-corrected chi connectivity index (χ0v) is 14.0. The van der Waals surface area contributed by atoms with Crippen LogP contribution in [0.3, 0.4) is 0 Å². The molecular weight excluding hydrogens is 342 g/mol. The van der Waals surface area contributed by atoms with Crippen LogP contribution >= 0.6 is 0 Å². The molecule has 2 unspecified atom stereocenters. The fraction of sp³-hybridized carbons (Fsp3) is 0. The van der Waals surface area contributed by atoms with Gasteiger partial charge in [-0.15, -0.1) is 0 Å². The average Bonchev–Trinajstić information content (AvgIpc) is 3.10. The second kappa shape index (κ2) is 5.11. The van der Waals surface area contributed by atoms with E-state index < -0.39 is 22.2 Å². The minimum Gasteiger partial charge on any atom is -0.308 e. The van der Waals surface area contributed by atoms with Gasteiger partial charge < -0.3 is 4.57 Å². The van der Waals surface area contributed by atoms with E-state index in [0.29, 0.717) is 9.79 Å². The summed E-state index contributed by atoms with van der Waals surface area (Å²) in [5.41, 5.74) is 2.78. The van der Waals surface area contributed by atoms with Crippen molar-refractivity contribution in [1.82, 2.24) is 4.57 Å². The highest BCUT2D eigenvalue weighted by molar-refractivity contribution is 7.96. The second-order valence-corrected chi connectivity index (χ2v) is 7.84. The van der Waals surface area contributed by atoms with Gasteiger partial charge in [0.25, 0.3) is 0 Å². The molecule has 6 heteroatoms. The lowest BCUT2D eigenvalue weighted by atomic mass is 10.2. The Hall–Kier alpha value is -2.28. The van der Waals surface area contributed by atoms with Crippen molar-refractivity contribution in [3.63, 3.8) is 0 Å². The molecule has 1 aliphatic heterocycles. The fourth-order valence-electron chi connectivity index (χ4n) is 3.29. The molecule has 0 fully saturated rings. The molecule has 0 saturated heterocycles. The van der Waals surface area contributed by atoms with Crippen molar-refractivity contribution in [2.24, 2.45) is 0 Å². The first kappa shape index (κ1) is 14.1. The predicted molar refractivity (Wildman–Crippen MR) is 94.7 cm³/mol. The standard InChI is InChI=1S/C18H11NO3S2/c20-23-17-11-5-10-16(18(17)24(21)22-23)19-14-8-3-1-6-12(14)13-7-2-4-9-15(13)19/h1-11H. The summed E-state index contributed by atoms with van der Waals surface area (Å²) >= 11 is -3.41. The van der Waals surface area contributed by atoms with Crippen LogP contribution in [0.5, 0.6) is 0 Å². The monoisotopic (exact) mass is 353 g/mol. The summed E-state index contributed by atoms with van der Waals surface area (Å²) in [7, 11) is 0. The van der Waals surface area contributed by atoms with Gasteiger partial charge in [-0.25, -0.2) is 8.42 Å². The first-order valence-corrected chi connectivity index (χ1v) is 9.54. The van der Waals surface area contributed by atoms with Crippen LogP contribution in [0.4, 0.5) is 0 Å². The Morgan fingerprint density at radius 1 is 0.708 bits per heavy atom.